The lowest BCUT2D eigenvalue weighted by Crippen LogP contribution is -2.31. The highest BCUT2D eigenvalue weighted by atomic mass is 32.2. The van der Waals surface area contributed by atoms with Gasteiger partial charge in [0.05, 0.1) is 12.8 Å². The SMILES string of the molecule is COc1ccc2[nH]cc(C3=CCN(CCC(=O)Nc4ccccc4SC)CC3)c2c1. The Morgan fingerprint density at radius 2 is 2.13 bits per heavy atom. The molecule has 0 spiro atoms. The first kappa shape index (κ1) is 20.6. The maximum atomic E-state index is 12.4. The van der Waals surface area contributed by atoms with E-state index in [0.29, 0.717) is 6.42 Å². The fraction of sp³-hybridized carbons (Fsp3) is 0.292. The number of anilines is 1. The second kappa shape index (κ2) is 9.41. The van der Waals surface area contributed by atoms with Crippen LogP contribution in [0, 0.1) is 0 Å². The fourth-order valence-electron chi connectivity index (χ4n) is 3.87. The molecule has 156 valence electrons. The van der Waals surface area contributed by atoms with E-state index in [9.17, 15) is 4.79 Å². The smallest absolute Gasteiger partial charge is 0.225 e. The van der Waals surface area contributed by atoms with E-state index in [-0.39, 0.29) is 5.91 Å². The van der Waals surface area contributed by atoms with Gasteiger partial charge in [-0.3, -0.25) is 9.69 Å². The number of aromatic nitrogens is 1. The van der Waals surface area contributed by atoms with Crippen molar-refractivity contribution in [3.8, 4) is 5.75 Å². The second-order valence-corrected chi connectivity index (χ2v) is 8.24. The van der Waals surface area contributed by atoms with Gasteiger partial charge in [0.25, 0.3) is 0 Å². The van der Waals surface area contributed by atoms with Crippen LogP contribution in [-0.4, -0.2) is 48.8 Å². The number of para-hydroxylation sites is 1. The lowest BCUT2D eigenvalue weighted by Gasteiger charge is -2.26. The molecule has 4 rings (SSSR count). The molecule has 30 heavy (non-hydrogen) atoms. The molecule has 0 atom stereocenters. The lowest BCUT2D eigenvalue weighted by molar-refractivity contribution is -0.116. The molecule has 0 bridgehead atoms. The van der Waals surface area contributed by atoms with Crippen molar-refractivity contribution in [2.24, 2.45) is 0 Å². The van der Waals surface area contributed by atoms with Crippen molar-refractivity contribution in [3.63, 3.8) is 0 Å². The minimum atomic E-state index is 0.0648. The summed E-state index contributed by atoms with van der Waals surface area (Å²) in [4.78, 5) is 19.2. The Hall–Kier alpha value is -2.70. The van der Waals surface area contributed by atoms with E-state index in [4.69, 9.17) is 4.74 Å². The second-order valence-electron chi connectivity index (χ2n) is 7.39. The van der Waals surface area contributed by atoms with Crippen LogP contribution in [0.4, 0.5) is 5.69 Å². The van der Waals surface area contributed by atoms with E-state index in [1.165, 1.54) is 16.5 Å². The zero-order valence-electron chi connectivity index (χ0n) is 17.4. The van der Waals surface area contributed by atoms with Gasteiger partial charge in [-0.25, -0.2) is 0 Å². The number of hydrogen-bond donors (Lipinski definition) is 2. The van der Waals surface area contributed by atoms with Gasteiger partial charge in [0.1, 0.15) is 5.75 Å². The summed E-state index contributed by atoms with van der Waals surface area (Å²) < 4.78 is 5.38. The van der Waals surface area contributed by atoms with Crippen LogP contribution in [0.2, 0.25) is 0 Å². The molecule has 1 amide bonds. The molecule has 3 aromatic rings. The fourth-order valence-corrected chi connectivity index (χ4v) is 4.43. The zero-order valence-corrected chi connectivity index (χ0v) is 18.2. The molecule has 0 radical (unpaired) electrons. The number of hydrogen-bond acceptors (Lipinski definition) is 4. The van der Waals surface area contributed by atoms with Crippen LogP contribution in [0.5, 0.6) is 5.75 Å². The molecule has 2 aromatic carbocycles. The van der Waals surface area contributed by atoms with Crippen molar-refractivity contribution in [1.82, 2.24) is 9.88 Å². The van der Waals surface area contributed by atoms with Gasteiger partial charge in [-0.15, -0.1) is 11.8 Å². The summed E-state index contributed by atoms with van der Waals surface area (Å²) in [6, 6.07) is 14.0. The number of rotatable bonds is 7. The third-order valence-corrected chi connectivity index (χ3v) is 6.36. The molecule has 0 aliphatic carbocycles. The summed E-state index contributed by atoms with van der Waals surface area (Å²) in [6.07, 6.45) is 7.86. The standard InChI is InChI=1S/C24H27N3O2S/c1-29-18-7-8-21-19(15-18)20(16-25-21)17-9-12-27(13-10-17)14-11-24(28)26-22-5-3-4-6-23(22)30-2/h3-9,15-16,25H,10-14H2,1-2H3,(H,26,28). The number of nitrogens with one attached hydrogen (secondary N) is 2. The van der Waals surface area contributed by atoms with E-state index < -0.39 is 0 Å². The monoisotopic (exact) mass is 421 g/mol. The Morgan fingerprint density at radius 1 is 1.27 bits per heavy atom. The molecule has 1 aromatic heterocycles. The molecule has 0 saturated heterocycles. The van der Waals surface area contributed by atoms with Gasteiger partial charge in [0.15, 0.2) is 0 Å². The largest absolute Gasteiger partial charge is 0.497 e. The normalized spacial score (nSPS) is 14.5. The van der Waals surface area contributed by atoms with E-state index in [1.807, 2.05) is 36.6 Å². The minimum absolute atomic E-state index is 0.0648. The molecule has 0 unspecified atom stereocenters. The third kappa shape index (κ3) is 4.55. The number of carbonyl (C=O) groups is 1. The van der Waals surface area contributed by atoms with Crippen LogP contribution in [0.25, 0.3) is 16.5 Å². The van der Waals surface area contributed by atoms with Crippen LogP contribution in [0.1, 0.15) is 18.4 Å². The highest BCUT2D eigenvalue weighted by Crippen LogP contribution is 2.31. The number of ether oxygens (including phenoxy) is 1. The number of methoxy groups -OCH3 is 1. The molecular formula is C24H27N3O2S. The third-order valence-electron chi connectivity index (χ3n) is 5.56. The first-order valence-electron chi connectivity index (χ1n) is 10.2. The average molecular weight is 422 g/mol. The van der Waals surface area contributed by atoms with E-state index in [2.05, 4.69) is 39.6 Å². The Morgan fingerprint density at radius 3 is 2.90 bits per heavy atom. The predicted molar refractivity (Wildman–Crippen MR) is 125 cm³/mol. The summed E-state index contributed by atoms with van der Waals surface area (Å²) in [5, 5.41) is 4.24. The molecular weight excluding hydrogens is 394 g/mol. The molecule has 2 N–H and O–H groups in total. The number of aromatic amines is 1. The van der Waals surface area contributed by atoms with E-state index in [1.54, 1.807) is 18.9 Å². The van der Waals surface area contributed by atoms with Crippen molar-refractivity contribution in [2.75, 3.05) is 38.3 Å². The number of amides is 1. The van der Waals surface area contributed by atoms with Gasteiger partial charge < -0.3 is 15.0 Å². The maximum absolute atomic E-state index is 12.4. The van der Waals surface area contributed by atoms with Gasteiger partial charge in [-0.2, -0.15) is 0 Å². The van der Waals surface area contributed by atoms with E-state index in [0.717, 1.165) is 47.9 Å². The Labute approximate surface area is 181 Å². The molecule has 0 saturated carbocycles. The number of thioether (sulfide) groups is 1. The summed E-state index contributed by atoms with van der Waals surface area (Å²) in [5.74, 6) is 0.936. The van der Waals surface area contributed by atoms with Crippen molar-refractivity contribution in [2.45, 2.75) is 17.7 Å². The van der Waals surface area contributed by atoms with Crippen LogP contribution in [0.15, 0.2) is 59.6 Å². The minimum Gasteiger partial charge on any atom is -0.497 e. The van der Waals surface area contributed by atoms with Crippen molar-refractivity contribution in [1.29, 1.82) is 0 Å². The van der Waals surface area contributed by atoms with Crippen LogP contribution in [-0.2, 0) is 4.79 Å². The molecule has 5 nitrogen and oxygen atoms in total. The van der Waals surface area contributed by atoms with Crippen molar-refractivity contribution in [3.05, 3.63) is 60.3 Å². The Balaban J connectivity index is 1.35. The van der Waals surface area contributed by atoms with Gasteiger partial charge in [-0.05, 0) is 48.6 Å². The highest BCUT2D eigenvalue weighted by molar-refractivity contribution is 7.98. The quantitative estimate of drug-likeness (QED) is 0.526. The Kier molecular flexibility index (Phi) is 6.45. The average Bonchev–Trinajstić information content (AvgIpc) is 3.21. The van der Waals surface area contributed by atoms with Crippen LogP contribution in [0.3, 0.4) is 0 Å². The first-order chi connectivity index (χ1) is 14.7. The van der Waals surface area contributed by atoms with Crippen LogP contribution < -0.4 is 10.1 Å². The molecule has 1 aliphatic heterocycles. The number of fused-ring (bicyclic) bond motifs is 1. The topological polar surface area (TPSA) is 57.4 Å². The Bertz CT molecular complexity index is 1070. The first-order valence-corrected chi connectivity index (χ1v) is 11.4. The van der Waals surface area contributed by atoms with Crippen molar-refractivity contribution < 1.29 is 9.53 Å². The molecule has 1 aliphatic rings. The van der Waals surface area contributed by atoms with Gasteiger partial charge in [0.2, 0.25) is 5.91 Å². The van der Waals surface area contributed by atoms with Gasteiger partial charge in [0, 0.05) is 53.6 Å². The lowest BCUT2D eigenvalue weighted by atomic mass is 9.98. The number of carbonyl (C=O) groups excluding carboxylic acids is 1. The highest BCUT2D eigenvalue weighted by Gasteiger charge is 2.17. The zero-order chi connectivity index (χ0) is 20.9. The summed E-state index contributed by atoms with van der Waals surface area (Å²) >= 11 is 1.64. The van der Waals surface area contributed by atoms with E-state index >= 15 is 0 Å². The number of nitrogens with zero attached hydrogens (tertiary/aromatic N) is 1. The van der Waals surface area contributed by atoms with Crippen molar-refractivity contribution >= 4 is 39.8 Å². The number of H-pyrrole nitrogens is 1. The summed E-state index contributed by atoms with van der Waals surface area (Å²) in [7, 11) is 1.70. The van der Waals surface area contributed by atoms with Gasteiger partial charge >= 0.3 is 0 Å². The molecule has 6 heteroatoms. The molecule has 0 fully saturated rings. The maximum Gasteiger partial charge on any atom is 0.225 e. The molecule has 2 heterocycles. The summed E-state index contributed by atoms with van der Waals surface area (Å²) in [5.41, 5.74) is 4.61. The number of benzene rings is 2. The van der Waals surface area contributed by atoms with Crippen LogP contribution >= 0.6 is 11.8 Å². The van der Waals surface area contributed by atoms with Gasteiger partial charge in [-0.1, -0.05) is 18.2 Å². The summed E-state index contributed by atoms with van der Waals surface area (Å²) in [6.45, 7) is 2.58. The predicted octanol–water partition coefficient (Wildman–Crippen LogP) is 5.02.